The lowest BCUT2D eigenvalue weighted by molar-refractivity contribution is 0.862. The molecule has 11 heavy (non-hydrogen) atoms. The molecule has 1 aromatic heterocycles. The zero-order valence-corrected chi connectivity index (χ0v) is 8.04. The fourth-order valence-electron chi connectivity index (χ4n) is 1.15. The van der Waals surface area contributed by atoms with Gasteiger partial charge in [0, 0.05) is 15.5 Å². The molecule has 0 fully saturated rings. The predicted molar refractivity (Wildman–Crippen MR) is 53.9 cm³/mol. The average molecular weight is 182 g/mol. The number of thioether (sulfide) groups is 1. The zero-order valence-electron chi connectivity index (χ0n) is 6.41. The highest BCUT2D eigenvalue weighted by Gasteiger charge is 2.13. The smallest absolute Gasteiger partial charge is 0.0403 e. The van der Waals surface area contributed by atoms with E-state index in [9.17, 15) is 0 Å². The highest BCUT2D eigenvalue weighted by atomic mass is 32.2. The Bertz CT molecular complexity index is 259. The minimum absolute atomic E-state index is 0.761. The van der Waals surface area contributed by atoms with Crippen molar-refractivity contribution in [2.75, 3.05) is 5.75 Å². The van der Waals surface area contributed by atoms with Crippen LogP contribution in [0.1, 0.15) is 11.8 Å². The van der Waals surface area contributed by atoms with Crippen molar-refractivity contribution >= 4 is 28.0 Å². The summed E-state index contributed by atoms with van der Waals surface area (Å²) in [6.45, 7) is 2.27. The Hall–Kier alpha value is -0.210. The summed E-state index contributed by atoms with van der Waals surface area (Å²) in [7, 11) is 0. The van der Waals surface area contributed by atoms with Crippen LogP contribution in [-0.2, 0) is 0 Å². The molecule has 0 radical (unpaired) electrons. The van der Waals surface area contributed by atoms with Gasteiger partial charge >= 0.3 is 0 Å². The number of hydrogen-bond acceptors (Lipinski definition) is 2. The Morgan fingerprint density at radius 2 is 2.45 bits per heavy atom. The second kappa shape index (κ2) is 3.03. The molecular formula is C9H10S2. The molecule has 2 heteroatoms. The topological polar surface area (TPSA) is 0 Å². The quantitative estimate of drug-likeness (QED) is 0.641. The Morgan fingerprint density at radius 3 is 3.00 bits per heavy atom. The molecule has 1 aliphatic heterocycles. The van der Waals surface area contributed by atoms with Crippen molar-refractivity contribution in [3.63, 3.8) is 0 Å². The van der Waals surface area contributed by atoms with E-state index in [-0.39, 0.29) is 0 Å². The van der Waals surface area contributed by atoms with Gasteiger partial charge < -0.3 is 0 Å². The van der Waals surface area contributed by atoms with Crippen LogP contribution in [0.2, 0.25) is 0 Å². The maximum atomic E-state index is 2.37. The van der Waals surface area contributed by atoms with Crippen LogP contribution in [0.4, 0.5) is 0 Å². The molecule has 0 N–H and O–H groups in total. The lowest BCUT2D eigenvalue weighted by atomic mass is 10.2. The van der Waals surface area contributed by atoms with E-state index in [2.05, 4.69) is 30.5 Å². The van der Waals surface area contributed by atoms with Gasteiger partial charge in [0.1, 0.15) is 0 Å². The van der Waals surface area contributed by atoms with Crippen LogP contribution >= 0.6 is 23.1 Å². The van der Waals surface area contributed by atoms with E-state index < -0.39 is 0 Å². The first-order valence-corrected chi connectivity index (χ1v) is 5.61. The van der Waals surface area contributed by atoms with Crippen molar-refractivity contribution in [3.05, 3.63) is 28.5 Å². The van der Waals surface area contributed by atoms with E-state index in [1.165, 1.54) is 15.5 Å². The molecule has 0 nitrogen and oxygen atoms in total. The zero-order chi connectivity index (χ0) is 7.68. The second-order valence-electron chi connectivity index (χ2n) is 2.80. The van der Waals surface area contributed by atoms with Crippen LogP contribution in [0.3, 0.4) is 0 Å². The van der Waals surface area contributed by atoms with Crippen LogP contribution in [-0.4, -0.2) is 5.75 Å². The second-order valence-corrected chi connectivity index (χ2v) is 4.81. The van der Waals surface area contributed by atoms with Gasteiger partial charge in [-0.1, -0.05) is 19.1 Å². The van der Waals surface area contributed by atoms with E-state index in [0.29, 0.717) is 0 Å². The molecule has 1 aliphatic rings. The largest absolute Gasteiger partial charge is 0.143 e. The number of allylic oxidation sites excluding steroid dienone is 1. The molecule has 0 aromatic carbocycles. The van der Waals surface area contributed by atoms with E-state index in [0.717, 1.165) is 5.92 Å². The van der Waals surface area contributed by atoms with E-state index in [4.69, 9.17) is 0 Å². The molecular weight excluding hydrogens is 172 g/mol. The first-order valence-electron chi connectivity index (χ1n) is 3.75. The van der Waals surface area contributed by atoms with Gasteiger partial charge in [-0.05, 0) is 17.4 Å². The molecule has 0 saturated carbocycles. The van der Waals surface area contributed by atoms with Gasteiger partial charge in [-0.15, -0.1) is 23.1 Å². The fourth-order valence-corrected chi connectivity index (χ4v) is 3.19. The van der Waals surface area contributed by atoms with Crippen molar-refractivity contribution in [3.8, 4) is 0 Å². The summed E-state index contributed by atoms with van der Waals surface area (Å²) in [6.07, 6.45) is 2.37. The van der Waals surface area contributed by atoms with Crippen molar-refractivity contribution in [1.29, 1.82) is 0 Å². The van der Waals surface area contributed by atoms with Crippen molar-refractivity contribution < 1.29 is 0 Å². The molecule has 2 rings (SSSR count). The van der Waals surface area contributed by atoms with Gasteiger partial charge in [-0.2, -0.15) is 0 Å². The van der Waals surface area contributed by atoms with Gasteiger partial charge in [-0.25, -0.2) is 0 Å². The molecule has 2 heterocycles. The summed E-state index contributed by atoms with van der Waals surface area (Å²) in [5, 5.41) is 2.14. The van der Waals surface area contributed by atoms with E-state index >= 15 is 0 Å². The third-order valence-corrected chi connectivity index (χ3v) is 4.09. The van der Waals surface area contributed by atoms with Crippen LogP contribution < -0.4 is 0 Å². The third kappa shape index (κ3) is 1.52. The van der Waals surface area contributed by atoms with Crippen molar-refractivity contribution in [2.24, 2.45) is 5.92 Å². The molecule has 1 atom stereocenters. The summed E-state index contributed by atoms with van der Waals surface area (Å²) >= 11 is 3.81. The Morgan fingerprint density at radius 1 is 1.55 bits per heavy atom. The number of rotatable bonds is 1. The molecule has 1 aromatic rings. The monoisotopic (exact) mass is 182 g/mol. The summed E-state index contributed by atoms with van der Waals surface area (Å²) < 4.78 is 0. The van der Waals surface area contributed by atoms with Gasteiger partial charge in [0.25, 0.3) is 0 Å². The van der Waals surface area contributed by atoms with Gasteiger partial charge in [0.15, 0.2) is 0 Å². The molecule has 0 saturated heterocycles. The van der Waals surface area contributed by atoms with Crippen LogP contribution in [0, 0.1) is 5.92 Å². The predicted octanol–water partition coefficient (Wildman–Crippen LogP) is 3.47. The molecule has 0 spiro atoms. The van der Waals surface area contributed by atoms with Gasteiger partial charge in [0.2, 0.25) is 0 Å². The maximum absolute atomic E-state index is 2.37. The van der Waals surface area contributed by atoms with E-state index in [1.807, 2.05) is 23.1 Å². The molecule has 1 unspecified atom stereocenters. The normalized spacial score (nSPS) is 23.7. The third-order valence-electron chi connectivity index (χ3n) is 1.70. The van der Waals surface area contributed by atoms with Crippen LogP contribution in [0.25, 0.3) is 4.91 Å². The summed E-state index contributed by atoms with van der Waals surface area (Å²) in [5.41, 5.74) is 0. The minimum Gasteiger partial charge on any atom is -0.143 e. The van der Waals surface area contributed by atoms with Gasteiger partial charge in [0.05, 0.1) is 0 Å². The van der Waals surface area contributed by atoms with Crippen LogP contribution in [0.15, 0.2) is 23.6 Å². The highest BCUT2D eigenvalue weighted by molar-refractivity contribution is 8.08. The summed E-state index contributed by atoms with van der Waals surface area (Å²) in [4.78, 5) is 2.91. The van der Waals surface area contributed by atoms with Crippen molar-refractivity contribution in [2.45, 2.75) is 6.92 Å². The first-order chi connectivity index (χ1) is 5.36. The Kier molecular flexibility index (Phi) is 2.05. The fraction of sp³-hybridized carbons (Fsp3) is 0.333. The minimum atomic E-state index is 0.761. The lowest BCUT2D eigenvalue weighted by Crippen LogP contribution is -1.83. The molecule has 0 aliphatic carbocycles. The van der Waals surface area contributed by atoms with Gasteiger partial charge in [-0.3, -0.25) is 0 Å². The Balaban J connectivity index is 2.25. The standard InChI is InChI=1S/C9H10S2/c1-7-5-9(11-6-7)8-3-2-4-10-8/h2-5,7H,6H2,1H3. The Labute approximate surface area is 75.3 Å². The number of hydrogen-bond donors (Lipinski definition) is 0. The molecule has 0 amide bonds. The maximum Gasteiger partial charge on any atom is 0.0403 e. The SMILES string of the molecule is CC1C=C(c2cccs2)SC1. The first kappa shape index (κ1) is 7.44. The summed E-state index contributed by atoms with van der Waals surface area (Å²) in [6, 6.07) is 4.31. The molecule has 58 valence electrons. The van der Waals surface area contributed by atoms with E-state index in [1.54, 1.807) is 0 Å². The average Bonchev–Trinajstić information content (AvgIpc) is 2.55. The molecule has 0 bridgehead atoms. The highest BCUT2D eigenvalue weighted by Crippen LogP contribution is 2.38. The lowest BCUT2D eigenvalue weighted by Gasteiger charge is -1.92. The summed E-state index contributed by atoms with van der Waals surface area (Å²) in [5.74, 6) is 2.02. The number of thiophene rings is 1. The van der Waals surface area contributed by atoms with Crippen LogP contribution in [0.5, 0.6) is 0 Å². The van der Waals surface area contributed by atoms with Crippen molar-refractivity contribution in [1.82, 2.24) is 0 Å².